The third-order valence-corrected chi connectivity index (χ3v) is 3.70. The fraction of sp³-hybridized carbons (Fsp3) is 0.474. The minimum Gasteiger partial charge on any atom is -0.444 e. The Bertz CT molecular complexity index is 655. The van der Waals surface area contributed by atoms with Gasteiger partial charge >= 0.3 is 6.09 Å². The van der Waals surface area contributed by atoms with Gasteiger partial charge in [0.25, 0.3) is 5.91 Å². The van der Waals surface area contributed by atoms with Crippen molar-refractivity contribution >= 4 is 12.0 Å². The van der Waals surface area contributed by atoms with Crippen LogP contribution in [0.3, 0.4) is 0 Å². The second-order valence-electron chi connectivity index (χ2n) is 6.96. The van der Waals surface area contributed by atoms with Crippen LogP contribution in [0.4, 0.5) is 4.79 Å². The Morgan fingerprint density at radius 2 is 2.12 bits per heavy atom. The molecule has 1 fully saturated rings. The fourth-order valence-electron chi connectivity index (χ4n) is 2.61. The number of piperidine rings is 1. The maximum atomic E-state index is 12.4. The smallest absolute Gasteiger partial charge is 0.410 e. The molecule has 0 saturated carbocycles. The zero-order valence-corrected chi connectivity index (χ0v) is 14.5. The molecule has 1 atom stereocenters. The maximum Gasteiger partial charge on any atom is 0.410 e. The zero-order valence-electron chi connectivity index (χ0n) is 14.5. The van der Waals surface area contributed by atoms with E-state index in [-0.39, 0.29) is 18.0 Å². The highest BCUT2D eigenvalue weighted by Gasteiger charge is 2.28. The van der Waals surface area contributed by atoms with E-state index >= 15 is 0 Å². The van der Waals surface area contributed by atoms with Gasteiger partial charge in [0.05, 0.1) is 0 Å². The second kappa shape index (κ2) is 7.39. The first-order valence-electron chi connectivity index (χ1n) is 8.14. The summed E-state index contributed by atoms with van der Waals surface area (Å²) in [4.78, 5) is 26.2. The average Bonchev–Trinajstić information content (AvgIpc) is 2.53. The Morgan fingerprint density at radius 3 is 2.79 bits per heavy atom. The van der Waals surface area contributed by atoms with Crippen LogP contribution in [0.1, 0.15) is 49.5 Å². The number of carbonyl (C=O) groups is 2. The number of ether oxygens (including phenoxy) is 1. The van der Waals surface area contributed by atoms with E-state index in [1.807, 2.05) is 20.8 Å². The first kappa shape index (κ1) is 17.9. The molecule has 2 rings (SSSR count). The average molecular weight is 328 g/mol. The summed E-state index contributed by atoms with van der Waals surface area (Å²) >= 11 is 0. The van der Waals surface area contributed by atoms with Gasteiger partial charge in [-0.15, -0.1) is 6.42 Å². The van der Waals surface area contributed by atoms with E-state index in [1.54, 1.807) is 29.2 Å². The van der Waals surface area contributed by atoms with Gasteiger partial charge in [0.15, 0.2) is 0 Å². The quantitative estimate of drug-likeness (QED) is 0.849. The van der Waals surface area contributed by atoms with E-state index in [0.717, 1.165) is 12.8 Å². The van der Waals surface area contributed by atoms with Gasteiger partial charge in [0.1, 0.15) is 5.60 Å². The number of nitrogens with zero attached hydrogens (tertiary/aromatic N) is 1. The second-order valence-corrected chi connectivity index (χ2v) is 6.96. The minimum absolute atomic E-state index is 0.0896. The number of hydrogen-bond acceptors (Lipinski definition) is 3. The number of benzene rings is 1. The van der Waals surface area contributed by atoms with Crippen LogP contribution >= 0.6 is 0 Å². The lowest BCUT2D eigenvalue weighted by Crippen LogP contribution is -2.50. The molecule has 24 heavy (non-hydrogen) atoms. The van der Waals surface area contributed by atoms with Crippen molar-refractivity contribution in [3.63, 3.8) is 0 Å². The summed E-state index contributed by atoms with van der Waals surface area (Å²) in [5.74, 6) is 2.34. The van der Waals surface area contributed by atoms with Gasteiger partial charge in [-0.3, -0.25) is 4.79 Å². The van der Waals surface area contributed by atoms with Gasteiger partial charge in [0, 0.05) is 30.3 Å². The Hall–Kier alpha value is -2.48. The lowest BCUT2D eigenvalue weighted by Gasteiger charge is -2.34. The number of nitrogens with one attached hydrogen (secondary N) is 1. The molecule has 0 radical (unpaired) electrons. The molecule has 0 spiro atoms. The SMILES string of the molecule is C#Cc1cccc(C(=O)N[C@H]2CCCN(C(=O)OC(C)(C)C)C2)c1. The van der Waals surface area contributed by atoms with E-state index in [9.17, 15) is 9.59 Å². The molecular formula is C19H24N2O3. The van der Waals surface area contributed by atoms with Crippen molar-refractivity contribution in [1.82, 2.24) is 10.2 Å². The van der Waals surface area contributed by atoms with E-state index in [0.29, 0.717) is 24.2 Å². The first-order chi connectivity index (χ1) is 11.3. The first-order valence-corrected chi connectivity index (χ1v) is 8.14. The Kier molecular flexibility index (Phi) is 5.50. The van der Waals surface area contributed by atoms with E-state index in [2.05, 4.69) is 11.2 Å². The van der Waals surface area contributed by atoms with Gasteiger partial charge < -0.3 is 15.0 Å². The molecule has 1 saturated heterocycles. The van der Waals surface area contributed by atoms with Crippen molar-refractivity contribution in [2.45, 2.75) is 45.3 Å². The van der Waals surface area contributed by atoms with Crippen molar-refractivity contribution in [2.24, 2.45) is 0 Å². The minimum atomic E-state index is -0.525. The Balaban J connectivity index is 1.96. The van der Waals surface area contributed by atoms with Crippen LogP contribution in [-0.4, -0.2) is 41.6 Å². The topological polar surface area (TPSA) is 58.6 Å². The molecule has 5 heteroatoms. The number of hydrogen-bond donors (Lipinski definition) is 1. The predicted molar refractivity (Wildman–Crippen MR) is 92.7 cm³/mol. The molecule has 0 bridgehead atoms. The monoisotopic (exact) mass is 328 g/mol. The van der Waals surface area contributed by atoms with Gasteiger partial charge in [0.2, 0.25) is 0 Å². The van der Waals surface area contributed by atoms with Crippen molar-refractivity contribution in [3.05, 3.63) is 35.4 Å². The highest BCUT2D eigenvalue weighted by molar-refractivity contribution is 5.94. The molecule has 2 amide bonds. The van der Waals surface area contributed by atoms with Crippen molar-refractivity contribution in [2.75, 3.05) is 13.1 Å². The summed E-state index contributed by atoms with van der Waals surface area (Å²) in [6.07, 6.45) is 6.69. The maximum absolute atomic E-state index is 12.4. The van der Waals surface area contributed by atoms with Crippen LogP contribution in [0, 0.1) is 12.3 Å². The van der Waals surface area contributed by atoms with Crippen LogP contribution < -0.4 is 5.32 Å². The third-order valence-electron chi connectivity index (χ3n) is 3.70. The number of likely N-dealkylation sites (tertiary alicyclic amines) is 1. The van der Waals surface area contributed by atoms with Crippen molar-refractivity contribution < 1.29 is 14.3 Å². The standard InChI is InChI=1S/C19H24N2O3/c1-5-14-8-6-9-15(12-14)17(22)20-16-10-7-11-21(13-16)18(23)24-19(2,3)4/h1,6,8-9,12,16H,7,10-11,13H2,2-4H3,(H,20,22)/t16-/m0/s1. The molecule has 1 aliphatic heterocycles. The van der Waals surface area contributed by atoms with Crippen molar-refractivity contribution in [1.29, 1.82) is 0 Å². The summed E-state index contributed by atoms with van der Waals surface area (Å²) in [5, 5.41) is 2.98. The van der Waals surface area contributed by atoms with E-state index in [1.165, 1.54) is 0 Å². The molecule has 1 heterocycles. The van der Waals surface area contributed by atoms with E-state index in [4.69, 9.17) is 11.2 Å². The molecule has 128 valence electrons. The van der Waals surface area contributed by atoms with Gasteiger partial charge in [-0.1, -0.05) is 12.0 Å². The lowest BCUT2D eigenvalue weighted by atomic mass is 10.0. The van der Waals surface area contributed by atoms with Crippen LogP contribution in [0.2, 0.25) is 0 Å². The number of terminal acetylenes is 1. The summed E-state index contributed by atoms with van der Waals surface area (Å²) in [7, 11) is 0. The molecular weight excluding hydrogens is 304 g/mol. The van der Waals surface area contributed by atoms with Gasteiger partial charge in [-0.05, 0) is 51.8 Å². The summed E-state index contributed by atoms with van der Waals surface area (Å²) in [6.45, 7) is 6.62. The number of carbonyl (C=O) groups excluding carboxylic acids is 2. The largest absolute Gasteiger partial charge is 0.444 e. The van der Waals surface area contributed by atoms with Crippen LogP contribution in [-0.2, 0) is 4.74 Å². The Morgan fingerprint density at radius 1 is 1.38 bits per heavy atom. The predicted octanol–water partition coefficient (Wildman–Crippen LogP) is 2.80. The number of rotatable bonds is 2. The highest BCUT2D eigenvalue weighted by atomic mass is 16.6. The van der Waals surface area contributed by atoms with Crippen molar-refractivity contribution in [3.8, 4) is 12.3 Å². The summed E-state index contributed by atoms with van der Waals surface area (Å²) in [5.41, 5.74) is 0.671. The normalized spacial score (nSPS) is 17.8. The molecule has 1 aliphatic rings. The van der Waals surface area contributed by atoms with Crippen LogP contribution in [0.25, 0.3) is 0 Å². The van der Waals surface area contributed by atoms with Gasteiger partial charge in [-0.2, -0.15) is 0 Å². The van der Waals surface area contributed by atoms with Gasteiger partial charge in [-0.25, -0.2) is 4.79 Å². The summed E-state index contributed by atoms with van der Waals surface area (Å²) in [6, 6.07) is 6.86. The molecule has 5 nitrogen and oxygen atoms in total. The van der Waals surface area contributed by atoms with E-state index < -0.39 is 5.60 Å². The lowest BCUT2D eigenvalue weighted by molar-refractivity contribution is 0.0185. The zero-order chi connectivity index (χ0) is 17.7. The number of amides is 2. The summed E-state index contributed by atoms with van der Waals surface area (Å²) < 4.78 is 5.40. The molecule has 1 N–H and O–H groups in total. The molecule has 0 aliphatic carbocycles. The Labute approximate surface area is 143 Å². The fourth-order valence-corrected chi connectivity index (χ4v) is 2.61. The van der Waals surface area contributed by atoms with Crippen LogP contribution in [0.15, 0.2) is 24.3 Å². The molecule has 0 aromatic heterocycles. The third kappa shape index (κ3) is 5.02. The van der Waals surface area contributed by atoms with Crippen LogP contribution in [0.5, 0.6) is 0 Å². The highest BCUT2D eigenvalue weighted by Crippen LogP contribution is 2.16. The molecule has 1 aromatic rings. The molecule has 1 aromatic carbocycles. The molecule has 0 unspecified atom stereocenters.